The number of hydrogen-bond donors (Lipinski definition) is 1. The van der Waals surface area contributed by atoms with Crippen molar-refractivity contribution in [1.29, 1.82) is 0 Å². The van der Waals surface area contributed by atoms with Crippen LogP contribution in [0.4, 0.5) is 0 Å². The summed E-state index contributed by atoms with van der Waals surface area (Å²) in [5.74, 6) is 0.0849. The number of hydrogen-bond acceptors (Lipinski definition) is 3. The van der Waals surface area contributed by atoms with Gasteiger partial charge in [0, 0.05) is 18.0 Å². The first-order chi connectivity index (χ1) is 7.63. The van der Waals surface area contributed by atoms with Crippen LogP contribution >= 0.6 is 15.9 Å². The summed E-state index contributed by atoms with van der Waals surface area (Å²) in [5, 5.41) is 8.11. The number of Topliss-reactive ketones (excluding diaryl/α,β-unsaturated/α-hetero) is 1. The van der Waals surface area contributed by atoms with Gasteiger partial charge >= 0.3 is 0 Å². The van der Waals surface area contributed by atoms with E-state index in [2.05, 4.69) is 26.3 Å². The Morgan fingerprint density at radius 1 is 1.56 bits per heavy atom. The lowest BCUT2D eigenvalue weighted by Crippen LogP contribution is -2.18. The number of nitrogens with zero attached hydrogens (tertiary/aromatic N) is 2. The van der Waals surface area contributed by atoms with Gasteiger partial charge in [0.1, 0.15) is 4.60 Å². The Hall–Kier alpha value is -1.20. The third kappa shape index (κ3) is 1.88. The minimum atomic E-state index is 0.0849. The number of nitrogens with one attached hydrogen (secondary N) is 1. The molecule has 84 valence electrons. The highest BCUT2D eigenvalue weighted by Crippen LogP contribution is 2.23. The predicted molar refractivity (Wildman–Crippen MR) is 66.7 cm³/mol. The molecule has 0 aliphatic carbocycles. The van der Waals surface area contributed by atoms with Crippen molar-refractivity contribution in [3.63, 3.8) is 0 Å². The van der Waals surface area contributed by atoms with Crippen LogP contribution in [0.5, 0.6) is 0 Å². The molecular formula is C11H12BrN3O. The topological polar surface area (TPSA) is 46.9 Å². The molecule has 0 aliphatic heterocycles. The number of carbonyl (C=O) groups excluding carboxylic acids is 1. The summed E-state index contributed by atoms with van der Waals surface area (Å²) in [7, 11) is 3.62. The van der Waals surface area contributed by atoms with Crippen molar-refractivity contribution in [2.24, 2.45) is 7.05 Å². The molecule has 0 aliphatic rings. The molecule has 16 heavy (non-hydrogen) atoms. The number of rotatable bonds is 3. The number of likely N-dealkylation sites (N-methyl/N-ethyl adjacent to an activating group) is 1. The van der Waals surface area contributed by atoms with Gasteiger partial charge in [0.05, 0.1) is 12.1 Å². The van der Waals surface area contributed by atoms with Crippen LogP contribution in [0, 0.1) is 0 Å². The van der Waals surface area contributed by atoms with Crippen molar-refractivity contribution in [1.82, 2.24) is 15.1 Å². The van der Waals surface area contributed by atoms with Crippen LogP contribution in [0.3, 0.4) is 0 Å². The van der Waals surface area contributed by atoms with Crippen molar-refractivity contribution in [2.45, 2.75) is 0 Å². The summed E-state index contributed by atoms with van der Waals surface area (Å²) >= 11 is 3.38. The van der Waals surface area contributed by atoms with Crippen molar-refractivity contribution >= 4 is 32.6 Å². The zero-order chi connectivity index (χ0) is 11.7. The van der Waals surface area contributed by atoms with E-state index in [9.17, 15) is 4.79 Å². The van der Waals surface area contributed by atoms with Crippen molar-refractivity contribution in [3.8, 4) is 0 Å². The molecular weight excluding hydrogens is 270 g/mol. The molecule has 2 aromatic rings. The molecule has 0 fully saturated rings. The molecule has 0 amide bonds. The molecule has 1 heterocycles. The first kappa shape index (κ1) is 11.3. The van der Waals surface area contributed by atoms with Gasteiger partial charge in [-0.3, -0.25) is 9.48 Å². The maximum absolute atomic E-state index is 11.7. The van der Waals surface area contributed by atoms with E-state index in [1.165, 1.54) is 0 Å². The fourth-order valence-electron chi connectivity index (χ4n) is 1.65. The van der Waals surface area contributed by atoms with E-state index < -0.39 is 0 Å². The molecule has 1 aromatic heterocycles. The summed E-state index contributed by atoms with van der Waals surface area (Å²) in [4.78, 5) is 11.7. The molecule has 0 radical (unpaired) electrons. The number of aromatic nitrogens is 2. The van der Waals surface area contributed by atoms with Gasteiger partial charge in [-0.25, -0.2) is 0 Å². The van der Waals surface area contributed by atoms with Gasteiger partial charge in [0.25, 0.3) is 0 Å². The summed E-state index contributed by atoms with van der Waals surface area (Å²) in [6.07, 6.45) is 0. The fourth-order valence-corrected chi connectivity index (χ4v) is 2.22. The van der Waals surface area contributed by atoms with E-state index in [-0.39, 0.29) is 5.78 Å². The van der Waals surface area contributed by atoms with Crippen LogP contribution in [-0.2, 0) is 7.05 Å². The first-order valence-corrected chi connectivity index (χ1v) is 5.73. The van der Waals surface area contributed by atoms with Gasteiger partial charge in [0.15, 0.2) is 5.78 Å². The maximum Gasteiger partial charge on any atom is 0.176 e. The van der Waals surface area contributed by atoms with E-state index in [4.69, 9.17) is 0 Å². The average Bonchev–Trinajstić information content (AvgIpc) is 2.55. The van der Waals surface area contributed by atoms with Gasteiger partial charge < -0.3 is 5.32 Å². The smallest absolute Gasteiger partial charge is 0.176 e. The number of aryl methyl sites for hydroxylation is 1. The van der Waals surface area contributed by atoms with Gasteiger partial charge in [-0.2, -0.15) is 5.10 Å². The highest BCUT2D eigenvalue weighted by molar-refractivity contribution is 9.10. The average molecular weight is 282 g/mol. The minimum Gasteiger partial charge on any atom is -0.313 e. The Morgan fingerprint density at radius 3 is 3.00 bits per heavy atom. The second-order valence-corrected chi connectivity index (χ2v) is 4.35. The molecule has 0 atom stereocenters. The largest absolute Gasteiger partial charge is 0.313 e. The number of halogens is 1. The maximum atomic E-state index is 11.7. The van der Waals surface area contributed by atoms with Crippen LogP contribution in [0.15, 0.2) is 22.8 Å². The third-order valence-electron chi connectivity index (χ3n) is 2.47. The van der Waals surface area contributed by atoms with E-state index >= 15 is 0 Å². The lowest BCUT2D eigenvalue weighted by molar-refractivity contribution is 0.0993. The molecule has 2 rings (SSSR count). The van der Waals surface area contributed by atoms with Crippen molar-refractivity contribution in [2.75, 3.05) is 13.6 Å². The Bertz CT molecular complexity index is 547. The van der Waals surface area contributed by atoms with Crippen LogP contribution in [0.25, 0.3) is 10.9 Å². The summed E-state index contributed by atoms with van der Waals surface area (Å²) in [6, 6.07) is 5.61. The quantitative estimate of drug-likeness (QED) is 0.872. The Morgan fingerprint density at radius 2 is 2.31 bits per heavy atom. The Kier molecular flexibility index (Phi) is 3.07. The molecule has 0 unspecified atom stereocenters. The lowest BCUT2D eigenvalue weighted by atomic mass is 10.1. The van der Waals surface area contributed by atoms with E-state index in [0.717, 1.165) is 15.5 Å². The SMILES string of the molecule is CNCC(=O)c1ccc2c(Br)nn(C)c2c1. The zero-order valence-electron chi connectivity index (χ0n) is 9.12. The molecule has 4 nitrogen and oxygen atoms in total. The summed E-state index contributed by atoms with van der Waals surface area (Å²) in [5.41, 5.74) is 1.66. The van der Waals surface area contributed by atoms with E-state index in [1.54, 1.807) is 11.7 Å². The molecule has 1 N–H and O–H groups in total. The van der Waals surface area contributed by atoms with Gasteiger partial charge in [-0.15, -0.1) is 0 Å². The Labute approximate surface area is 102 Å². The fraction of sp³-hybridized carbons (Fsp3) is 0.273. The highest BCUT2D eigenvalue weighted by atomic mass is 79.9. The number of benzene rings is 1. The summed E-state index contributed by atoms with van der Waals surface area (Å²) < 4.78 is 2.56. The monoisotopic (exact) mass is 281 g/mol. The number of carbonyl (C=O) groups is 1. The minimum absolute atomic E-state index is 0.0849. The molecule has 5 heteroatoms. The van der Waals surface area contributed by atoms with Gasteiger partial charge in [-0.05, 0) is 35.1 Å². The van der Waals surface area contributed by atoms with E-state index in [0.29, 0.717) is 12.1 Å². The number of ketones is 1. The van der Waals surface area contributed by atoms with Crippen LogP contribution in [0.2, 0.25) is 0 Å². The standard InChI is InChI=1S/C11H12BrN3O/c1-13-6-10(16)7-3-4-8-9(5-7)15(2)14-11(8)12/h3-5,13H,6H2,1-2H3. The van der Waals surface area contributed by atoms with Crippen LogP contribution in [0.1, 0.15) is 10.4 Å². The molecule has 0 bridgehead atoms. The van der Waals surface area contributed by atoms with Crippen molar-refractivity contribution in [3.05, 3.63) is 28.4 Å². The predicted octanol–water partition coefficient (Wildman–Crippen LogP) is 1.74. The second kappa shape index (κ2) is 4.35. The zero-order valence-corrected chi connectivity index (χ0v) is 10.7. The molecule has 0 spiro atoms. The molecule has 1 aromatic carbocycles. The third-order valence-corrected chi connectivity index (χ3v) is 3.05. The number of fused-ring (bicyclic) bond motifs is 1. The summed E-state index contributed by atoms with van der Waals surface area (Å²) in [6.45, 7) is 0.352. The highest BCUT2D eigenvalue weighted by Gasteiger charge is 2.10. The second-order valence-electron chi connectivity index (χ2n) is 3.60. The van der Waals surface area contributed by atoms with E-state index in [1.807, 2.05) is 25.2 Å². The van der Waals surface area contributed by atoms with Crippen LogP contribution in [-0.4, -0.2) is 29.2 Å². The van der Waals surface area contributed by atoms with Gasteiger partial charge in [0.2, 0.25) is 0 Å². The lowest BCUT2D eigenvalue weighted by Gasteiger charge is -2.01. The van der Waals surface area contributed by atoms with Crippen LogP contribution < -0.4 is 5.32 Å². The van der Waals surface area contributed by atoms with Crippen molar-refractivity contribution < 1.29 is 4.79 Å². The van der Waals surface area contributed by atoms with Gasteiger partial charge in [-0.1, -0.05) is 6.07 Å². The molecule has 0 saturated heterocycles. The normalized spacial score (nSPS) is 10.9. The first-order valence-electron chi connectivity index (χ1n) is 4.93. The molecule has 0 saturated carbocycles. The Balaban J connectivity index is 2.51.